The first kappa shape index (κ1) is 18.7. The topological polar surface area (TPSA) is 72.6 Å². The average Bonchev–Trinajstić information content (AvgIpc) is 2.58. The maximum atomic E-state index is 13.2. The van der Waals surface area contributed by atoms with Crippen LogP contribution in [0.5, 0.6) is 0 Å². The largest absolute Gasteiger partial charge is 0.431 e. The number of fused-ring (bicyclic) bond motifs is 1. The van der Waals surface area contributed by atoms with E-state index in [0.717, 1.165) is 11.1 Å². The fourth-order valence-electron chi connectivity index (χ4n) is 3.30. The molecule has 0 aromatic heterocycles. The molecule has 26 heavy (non-hydrogen) atoms. The van der Waals surface area contributed by atoms with Crippen LogP contribution in [0.25, 0.3) is 0 Å². The molecule has 0 saturated heterocycles. The Morgan fingerprint density at radius 3 is 2.62 bits per heavy atom. The van der Waals surface area contributed by atoms with Gasteiger partial charge in [-0.3, -0.25) is 9.69 Å². The predicted octanol–water partition coefficient (Wildman–Crippen LogP) is 4.04. The van der Waals surface area contributed by atoms with Crippen LogP contribution in [-0.4, -0.2) is 29.0 Å². The lowest BCUT2D eigenvalue weighted by Crippen LogP contribution is -2.52. The Morgan fingerprint density at radius 1 is 1.23 bits per heavy atom. The molecule has 0 aliphatic carbocycles. The third-order valence-electron chi connectivity index (χ3n) is 4.53. The summed E-state index contributed by atoms with van der Waals surface area (Å²) in [5.74, 6) is -0.128. The molecule has 2 aromatic carbocycles. The van der Waals surface area contributed by atoms with Crippen molar-refractivity contribution in [3.8, 4) is 0 Å². The summed E-state index contributed by atoms with van der Waals surface area (Å²) in [6.45, 7) is 2.10. The summed E-state index contributed by atoms with van der Waals surface area (Å²) in [7, 11) is 0. The lowest BCUT2D eigenvalue weighted by Gasteiger charge is -2.39. The van der Waals surface area contributed by atoms with Gasteiger partial charge < -0.3 is 10.5 Å². The highest BCUT2D eigenvalue weighted by molar-refractivity contribution is 6.34. The van der Waals surface area contributed by atoms with Crippen molar-refractivity contribution in [2.75, 3.05) is 0 Å². The molecule has 2 aromatic rings. The third-order valence-corrected chi connectivity index (χ3v) is 5.21. The molecule has 0 radical (unpaired) electrons. The van der Waals surface area contributed by atoms with E-state index in [0.29, 0.717) is 28.6 Å². The van der Waals surface area contributed by atoms with Crippen molar-refractivity contribution in [3.63, 3.8) is 0 Å². The molecule has 0 bridgehead atoms. The molecule has 2 N–H and O–H groups in total. The van der Waals surface area contributed by atoms with E-state index < -0.39 is 18.4 Å². The molecule has 1 aliphatic heterocycles. The number of nitrogens with zero attached hydrogens (tertiary/aromatic N) is 1. The van der Waals surface area contributed by atoms with E-state index in [1.807, 2.05) is 24.3 Å². The van der Waals surface area contributed by atoms with Crippen molar-refractivity contribution >= 4 is 35.1 Å². The van der Waals surface area contributed by atoms with E-state index in [1.54, 1.807) is 30.0 Å². The van der Waals surface area contributed by atoms with Crippen LogP contribution in [0.15, 0.2) is 42.5 Å². The van der Waals surface area contributed by atoms with E-state index in [-0.39, 0.29) is 5.78 Å². The van der Waals surface area contributed by atoms with Crippen molar-refractivity contribution in [1.82, 2.24) is 4.90 Å². The molecule has 5 nitrogen and oxygen atoms in total. The second-order valence-corrected chi connectivity index (χ2v) is 6.97. The number of hydrogen-bond donors (Lipinski definition) is 1. The standard InChI is InChI=1S/C19H18Cl2N2O3/c1-11(26-19(22)25)23-10-13-6-4-8-15(21)17(13)18(24)16(23)9-12-5-2-3-7-14(12)20/h2-8,11,16H,9-10H2,1H3,(H2,22,25). The van der Waals surface area contributed by atoms with Crippen LogP contribution in [0.1, 0.15) is 28.4 Å². The summed E-state index contributed by atoms with van der Waals surface area (Å²) in [5.41, 5.74) is 7.29. The molecule has 3 rings (SSSR count). The zero-order chi connectivity index (χ0) is 18.8. The van der Waals surface area contributed by atoms with Gasteiger partial charge in [0.2, 0.25) is 0 Å². The van der Waals surface area contributed by atoms with Crippen LogP contribution in [0.2, 0.25) is 10.0 Å². The number of primary amides is 1. The van der Waals surface area contributed by atoms with E-state index in [4.69, 9.17) is 33.7 Å². The molecule has 0 saturated carbocycles. The zero-order valence-corrected chi connectivity index (χ0v) is 15.6. The number of carbonyl (C=O) groups is 2. The van der Waals surface area contributed by atoms with Crippen molar-refractivity contribution in [2.24, 2.45) is 5.73 Å². The Labute approximate surface area is 161 Å². The van der Waals surface area contributed by atoms with Gasteiger partial charge in [0.15, 0.2) is 12.0 Å². The van der Waals surface area contributed by atoms with Crippen LogP contribution in [0, 0.1) is 0 Å². The fraction of sp³-hybridized carbons (Fsp3) is 0.263. The lowest BCUT2D eigenvalue weighted by atomic mass is 9.88. The normalized spacial score (nSPS) is 18.3. The van der Waals surface area contributed by atoms with Gasteiger partial charge in [-0.15, -0.1) is 0 Å². The minimum atomic E-state index is -0.890. The number of ketones is 1. The Kier molecular flexibility index (Phi) is 5.51. The highest BCUT2D eigenvalue weighted by Crippen LogP contribution is 2.32. The summed E-state index contributed by atoms with van der Waals surface area (Å²) in [6.07, 6.45) is -1.19. The number of benzene rings is 2. The van der Waals surface area contributed by atoms with E-state index in [9.17, 15) is 9.59 Å². The summed E-state index contributed by atoms with van der Waals surface area (Å²) in [5, 5.41) is 0.994. The van der Waals surface area contributed by atoms with Crippen LogP contribution in [0.3, 0.4) is 0 Å². The molecule has 1 aliphatic rings. The Hall–Kier alpha value is -2.08. The minimum absolute atomic E-state index is 0.128. The predicted molar refractivity (Wildman–Crippen MR) is 100 cm³/mol. The van der Waals surface area contributed by atoms with Crippen LogP contribution in [0.4, 0.5) is 4.79 Å². The molecule has 1 amide bonds. The second kappa shape index (κ2) is 7.66. The third kappa shape index (κ3) is 3.70. The fourth-order valence-corrected chi connectivity index (χ4v) is 3.80. The molecular formula is C19H18Cl2N2O3. The molecule has 0 spiro atoms. The zero-order valence-electron chi connectivity index (χ0n) is 14.1. The van der Waals surface area contributed by atoms with Gasteiger partial charge >= 0.3 is 6.09 Å². The van der Waals surface area contributed by atoms with Gasteiger partial charge in [-0.1, -0.05) is 53.5 Å². The van der Waals surface area contributed by atoms with E-state index in [1.165, 1.54) is 0 Å². The Bertz CT molecular complexity index is 856. The van der Waals surface area contributed by atoms with Crippen molar-refractivity contribution in [3.05, 3.63) is 69.2 Å². The Morgan fingerprint density at radius 2 is 1.92 bits per heavy atom. The summed E-state index contributed by atoms with van der Waals surface area (Å²) in [6, 6.07) is 12.1. The van der Waals surface area contributed by atoms with Crippen LogP contribution >= 0.6 is 23.2 Å². The van der Waals surface area contributed by atoms with E-state index >= 15 is 0 Å². The van der Waals surface area contributed by atoms with Gasteiger partial charge in [-0.25, -0.2) is 4.79 Å². The number of ether oxygens (including phenoxy) is 1. The van der Waals surface area contributed by atoms with E-state index in [2.05, 4.69) is 0 Å². The van der Waals surface area contributed by atoms with Gasteiger partial charge in [0.1, 0.15) is 0 Å². The number of hydrogen-bond acceptors (Lipinski definition) is 4. The van der Waals surface area contributed by atoms with Gasteiger partial charge in [0, 0.05) is 17.1 Å². The maximum Gasteiger partial charge on any atom is 0.406 e. The highest BCUT2D eigenvalue weighted by Gasteiger charge is 2.38. The number of amides is 1. The maximum absolute atomic E-state index is 13.2. The van der Waals surface area contributed by atoms with Crippen LogP contribution in [-0.2, 0) is 17.7 Å². The minimum Gasteiger partial charge on any atom is -0.431 e. The first-order valence-electron chi connectivity index (χ1n) is 8.15. The summed E-state index contributed by atoms with van der Waals surface area (Å²) >= 11 is 12.6. The number of halogens is 2. The number of carbonyl (C=O) groups excluding carboxylic acids is 2. The summed E-state index contributed by atoms with van der Waals surface area (Å²) in [4.78, 5) is 26.2. The SMILES string of the molecule is CC(OC(N)=O)N1Cc2cccc(Cl)c2C(=O)C1Cc1ccccc1Cl. The van der Waals surface area contributed by atoms with Crippen molar-refractivity contribution in [1.29, 1.82) is 0 Å². The highest BCUT2D eigenvalue weighted by atomic mass is 35.5. The molecule has 7 heteroatoms. The monoisotopic (exact) mass is 392 g/mol. The molecular weight excluding hydrogens is 375 g/mol. The summed E-state index contributed by atoms with van der Waals surface area (Å²) < 4.78 is 5.13. The smallest absolute Gasteiger partial charge is 0.406 e. The molecule has 136 valence electrons. The van der Waals surface area contributed by atoms with Gasteiger partial charge in [-0.05, 0) is 36.6 Å². The Balaban J connectivity index is 2.01. The number of Topliss-reactive ketones (excluding diaryl/α,β-unsaturated/α-hetero) is 1. The molecule has 0 fully saturated rings. The number of rotatable bonds is 4. The first-order chi connectivity index (χ1) is 12.4. The van der Waals surface area contributed by atoms with Gasteiger partial charge in [-0.2, -0.15) is 0 Å². The molecule has 1 heterocycles. The average molecular weight is 393 g/mol. The molecule has 2 unspecified atom stereocenters. The lowest BCUT2D eigenvalue weighted by molar-refractivity contribution is -0.0258. The number of nitrogens with two attached hydrogens (primary N) is 1. The first-order valence-corrected chi connectivity index (χ1v) is 8.91. The second-order valence-electron chi connectivity index (χ2n) is 6.16. The quantitative estimate of drug-likeness (QED) is 0.851. The van der Waals surface area contributed by atoms with Crippen LogP contribution < -0.4 is 5.73 Å². The van der Waals surface area contributed by atoms with Crippen molar-refractivity contribution in [2.45, 2.75) is 32.2 Å². The van der Waals surface area contributed by atoms with Gasteiger partial charge in [0.05, 0.1) is 11.1 Å². The molecule has 2 atom stereocenters. The van der Waals surface area contributed by atoms with Crippen molar-refractivity contribution < 1.29 is 14.3 Å². The van der Waals surface area contributed by atoms with Gasteiger partial charge in [0.25, 0.3) is 0 Å².